The maximum Gasteiger partial charge on any atom is 0.303 e. The highest BCUT2D eigenvalue weighted by atomic mass is 16.4. The van der Waals surface area contributed by atoms with Gasteiger partial charge in [-0.15, -0.1) is 0 Å². The zero-order chi connectivity index (χ0) is 20.6. The number of aliphatic carboxylic acids is 1. The number of amides is 1. The number of rotatable bonds is 10. The minimum Gasteiger partial charge on any atom is -0.481 e. The third-order valence-corrected chi connectivity index (χ3v) is 5.54. The van der Waals surface area contributed by atoms with Crippen molar-refractivity contribution in [3.8, 4) is 0 Å². The number of carbonyl (C=O) groups is 2. The molecule has 0 spiro atoms. The fraction of sp³-hybridized carbons (Fsp3) is 0.417. The average molecular weight is 395 g/mol. The fourth-order valence-corrected chi connectivity index (χ4v) is 3.89. The van der Waals surface area contributed by atoms with Crippen LogP contribution in [0.1, 0.15) is 56.6 Å². The second-order valence-electron chi connectivity index (χ2n) is 7.69. The summed E-state index contributed by atoms with van der Waals surface area (Å²) in [7, 11) is 0. The van der Waals surface area contributed by atoms with Gasteiger partial charge in [0.2, 0.25) is 5.91 Å². The Labute approximate surface area is 171 Å². The molecule has 154 valence electrons. The molecule has 29 heavy (non-hydrogen) atoms. The molecule has 2 atom stereocenters. The van der Waals surface area contributed by atoms with E-state index in [-0.39, 0.29) is 18.4 Å². The molecule has 5 nitrogen and oxygen atoms in total. The largest absolute Gasteiger partial charge is 0.481 e. The second-order valence-corrected chi connectivity index (χ2v) is 7.69. The van der Waals surface area contributed by atoms with Gasteiger partial charge in [-0.3, -0.25) is 9.59 Å². The van der Waals surface area contributed by atoms with Gasteiger partial charge < -0.3 is 15.1 Å². The molecule has 1 heterocycles. The molecule has 1 amide bonds. The van der Waals surface area contributed by atoms with Gasteiger partial charge in [-0.25, -0.2) is 0 Å². The number of fused-ring (bicyclic) bond motifs is 1. The topological polar surface area (TPSA) is 77.8 Å². The lowest BCUT2D eigenvalue weighted by molar-refractivity contribution is -0.137. The first-order chi connectivity index (χ1) is 14.0. The van der Waals surface area contributed by atoms with Gasteiger partial charge in [0, 0.05) is 19.4 Å². The Kier molecular flexibility index (Phi) is 7.42. The normalized spacial score (nSPS) is 18.0. The Bertz CT molecular complexity index is 876. The van der Waals surface area contributed by atoms with Crippen LogP contribution < -0.4 is 0 Å². The van der Waals surface area contributed by atoms with E-state index in [9.17, 15) is 14.7 Å². The standard InChI is InChI=1S/C24H29NO4/c26-22(20-11-10-18-7-4-5-8-19(18)17-20)14-12-21-13-15-23(27)25(21)16-6-2-1-3-9-24(28)29/h4-5,7-8,10-12,14,17,21-22,26H,1-3,6,9,13,15-16H2,(H,28,29)/t21-,22?/m0/s1. The number of nitrogens with zero attached hydrogens (tertiary/aromatic N) is 1. The molecular formula is C24H29NO4. The molecule has 0 aromatic heterocycles. The summed E-state index contributed by atoms with van der Waals surface area (Å²) in [5.41, 5.74) is 0.842. The molecule has 1 unspecified atom stereocenters. The van der Waals surface area contributed by atoms with Gasteiger partial charge in [-0.05, 0) is 41.7 Å². The van der Waals surface area contributed by atoms with Crippen molar-refractivity contribution < 1.29 is 19.8 Å². The molecule has 1 aliphatic rings. The van der Waals surface area contributed by atoms with E-state index in [4.69, 9.17) is 5.11 Å². The molecule has 1 fully saturated rings. The van der Waals surface area contributed by atoms with Crippen LogP contribution >= 0.6 is 0 Å². The SMILES string of the molecule is O=C(O)CCCCCCN1C(=O)CC[C@@H]1C=CC(O)c1ccc2ccccc2c1. The summed E-state index contributed by atoms with van der Waals surface area (Å²) in [6.45, 7) is 0.687. The predicted molar refractivity (Wildman–Crippen MR) is 114 cm³/mol. The smallest absolute Gasteiger partial charge is 0.303 e. The van der Waals surface area contributed by atoms with Crippen LogP contribution in [0.2, 0.25) is 0 Å². The van der Waals surface area contributed by atoms with E-state index >= 15 is 0 Å². The van der Waals surface area contributed by atoms with E-state index in [0.29, 0.717) is 19.4 Å². The molecule has 5 heteroatoms. The molecule has 0 radical (unpaired) electrons. The highest BCUT2D eigenvalue weighted by Crippen LogP contribution is 2.24. The summed E-state index contributed by atoms with van der Waals surface area (Å²) in [6.07, 6.45) is 7.92. The highest BCUT2D eigenvalue weighted by molar-refractivity contribution is 5.83. The van der Waals surface area contributed by atoms with Crippen molar-refractivity contribution in [2.45, 2.75) is 57.1 Å². The Morgan fingerprint density at radius 3 is 2.66 bits per heavy atom. The second kappa shape index (κ2) is 10.2. The first-order valence-corrected chi connectivity index (χ1v) is 10.4. The van der Waals surface area contributed by atoms with Gasteiger partial charge >= 0.3 is 5.97 Å². The monoisotopic (exact) mass is 395 g/mol. The van der Waals surface area contributed by atoms with E-state index in [1.165, 1.54) is 0 Å². The molecule has 3 rings (SSSR count). The van der Waals surface area contributed by atoms with E-state index in [1.54, 1.807) is 6.08 Å². The molecular weight excluding hydrogens is 366 g/mol. The van der Waals surface area contributed by atoms with Crippen LogP contribution in [0.4, 0.5) is 0 Å². The number of benzene rings is 2. The summed E-state index contributed by atoms with van der Waals surface area (Å²) < 4.78 is 0. The lowest BCUT2D eigenvalue weighted by Crippen LogP contribution is -2.32. The molecule has 0 saturated carbocycles. The highest BCUT2D eigenvalue weighted by Gasteiger charge is 2.28. The number of carbonyl (C=O) groups excluding carboxylic acids is 1. The minimum atomic E-state index is -0.755. The zero-order valence-electron chi connectivity index (χ0n) is 16.7. The number of carboxylic acids is 1. The Morgan fingerprint density at radius 2 is 1.86 bits per heavy atom. The summed E-state index contributed by atoms with van der Waals surface area (Å²) in [5, 5.41) is 21.5. The van der Waals surface area contributed by atoms with E-state index in [1.807, 2.05) is 53.4 Å². The summed E-state index contributed by atoms with van der Waals surface area (Å²) in [5.74, 6) is -0.597. The van der Waals surface area contributed by atoms with Crippen LogP contribution in [0.25, 0.3) is 10.8 Å². The number of hydrogen-bond donors (Lipinski definition) is 2. The lowest BCUT2D eigenvalue weighted by Gasteiger charge is -2.22. The summed E-state index contributed by atoms with van der Waals surface area (Å²) in [4.78, 5) is 24.6. The molecule has 1 saturated heterocycles. The number of hydrogen-bond acceptors (Lipinski definition) is 3. The van der Waals surface area contributed by atoms with Crippen molar-refractivity contribution in [2.75, 3.05) is 6.54 Å². The molecule has 2 aromatic rings. The number of unbranched alkanes of at least 4 members (excludes halogenated alkanes) is 3. The third-order valence-electron chi connectivity index (χ3n) is 5.54. The van der Waals surface area contributed by atoms with Crippen molar-refractivity contribution in [1.29, 1.82) is 0 Å². The first-order valence-electron chi connectivity index (χ1n) is 10.4. The predicted octanol–water partition coefficient (Wildman–Crippen LogP) is 4.46. The van der Waals surface area contributed by atoms with Crippen LogP contribution in [-0.2, 0) is 9.59 Å². The zero-order valence-corrected chi connectivity index (χ0v) is 16.7. The van der Waals surface area contributed by atoms with Gasteiger partial charge in [-0.1, -0.05) is 61.4 Å². The van der Waals surface area contributed by atoms with Crippen LogP contribution in [0.5, 0.6) is 0 Å². The van der Waals surface area contributed by atoms with E-state index in [2.05, 4.69) is 0 Å². The van der Waals surface area contributed by atoms with Gasteiger partial charge in [0.15, 0.2) is 0 Å². The minimum absolute atomic E-state index is 0.0247. The summed E-state index contributed by atoms with van der Waals surface area (Å²) in [6, 6.07) is 14.0. The van der Waals surface area contributed by atoms with Crippen molar-refractivity contribution in [2.24, 2.45) is 0 Å². The average Bonchev–Trinajstić information content (AvgIpc) is 3.07. The lowest BCUT2D eigenvalue weighted by atomic mass is 10.0. The van der Waals surface area contributed by atoms with Crippen molar-refractivity contribution in [1.82, 2.24) is 4.90 Å². The Hall–Kier alpha value is -2.66. The van der Waals surface area contributed by atoms with E-state index in [0.717, 1.165) is 42.0 Å². The van der Waals surface area contributed by atoms with Gasteiger partial charge in [-0.2, -0.15) is 0 Å². The Balaban J connectivity index is 1.53. The third kappa shape index (κ3) is 5.91. The van der Waals surface area contributed by atoms with Crippen molar-refractivity contribution in [3.63, 3.8) is 0 Å². The molecule has 2 aromatic carbocycles. The van der Waals surface area contributed by atoms with Crippen LogP contribution in [0.3, 0.4) is 0 Å². The number of aliphatic hydroxyl groups is 1. The maximum absolute atomic E-state index is 12.2. The van der Waals surface area contributed by atoms with E-state index < -0.39 is 12.1 Å². The quantitative estimate of drug-likeness (QED) is 0.460. The van der Waals surface area contributed by atoms with Gasteiger partial charge in [0.1, 0.15) is 0 Å². The molecule has 2 N–H and O–H groups in total. The molecule has 1 aliphatic heterocycles. The van der Waals surface area contributed by atoms with Crippen LogP contribution in [0.15, 0.2) is 54.6 Å². The molecule has 0 bridgehead atoms. The van der Waals surface area contributed by atoms with Crippen LogP contribution in [-0.4, -0.2) is 39.6 Å². The number of aliphatic hydroxyl groups excluding tert-OH is 1. The maximum atomic E-state index is 12.2. The number of carboxylic acid groups (broad SMARTS) is 1. The van der Waals surface area contributed by atoms with Gasteiger partial charge in [0.25, 0.3) is 0 Å². The summed E-state index contributed by atoms with van der Waals surface area (Å²) >= 11 is 0. The fourth-order valence-electron chi connectivity index (χ4n) is 3.89. The van der Waals surface area contributed by atoms with Crippen molar-refractivity contribution in [3.05, 3.63) is 60.2 Å². The Morgan fingerprint density at radius 1 is 1.10 bits per heavy atom. The van der Waals surface area contributed by atoms with Crippen LogP contribution in [0, 0.1) is 0 Å². The molecule has 0 aliphatic carbocycles. The number of likely N-dealkylation sites (tertiary alicyclic amines) is 1. The first kappa shape index (κ1) is 21.1. The van der Waals surface area contributed by atoms with Crippen molar-refractivity contribution >= 4 is 22.6 Å². The van der Waals surface area contributed by atoms with Gasteiger partial charge in [0.05, 0.1) is 12.1 Å².